The van der Waals surface area contributed by atoms with Crippen LogP contribution < -0.4 is 14.2 Å². The SMILES string of the molecule is O=Cc1cccnc1Oc1ccc2c(c1)OCO2. The number of fused-ring (bicyclic) bond motifs is 1. The molecule has 1 aromatic carbocycles. The van der Waals surface area contributed by atoms with E-state index in [0.29, 0.717) is 29.1 Å². The van der Waals surface area contributed by atoms with E-state index in [1.54, 1.807) is 36.5 Å². The summed E-state index contributed by atoms with van der Waals surface area (Å²) in [5, 5.41) is 0. The maximum absolute atomic E-state index is 10.8. The first-order valence-corrected chi connectivity index (χ1v) is 5.34. The monoisotopic (exact) mass is 243 g/mol. The number of rotatable bonds is 3. The van der Waals surface area contributed by atoms with Crippen molar-refractivity contribution in [2.75, 3.05) is 6.79 Å². The highest BCUT2D eigenvalue weighted by atomic mass is 16.7. The maximum Gasteiger partial charge on any atom is 0.231 e. The van der Waals surface area contributed by atoms with Gasteiger partial charge in [-0.2, -0.15) is 0 Å². The zero-order chi connectivity index (χ0) is 12.4. The third-order valence-electron chi connectivity index (χ3n) is 2.49. The average molecular weight is 243 g/mol. The molecule has 1 aromatic heterocycles. The molecule has 0 atom stereocenters. The third kappa shape index (κ3) is 1.86. The molecule has 18 heavy (non-hydrogen) atoms. The van der Waals surface area contributed by atoms with Crippen molar-refractivity contribution in [3.05, 3.63) is 42.1 Å². The smallest absolute Gasteiger partial charge is 0.231 e. The highest BCUT2D eigenvalue weighted by molar-refractivity contribution is 5.78. The van der Waals surface area contributed by atoms with E-state index in [-0.39, 0.29) is 12.7 Å². The summed E-state index contributed by atoms with van der Waals surface area (Å²) in [6.45, 7) is 0.210. The minimum absolute atomic E-state index is 0.210. The molecule has 5 nitrogen and oxygen atoms in total. The minimum Gasteiger partial charge on any atom is -0.454 e. The zero-order valence-electron chi connectivity index (χ0n) is 9.33. The van der Waals surface area contributed by atoms with Crippen molar-refractivity contribution in [2.24, 2.45) is 0 Å². The summed E-state index contributed by atoms with van der Waals surface area (Å²) < 4.78 is 16.0. The van der Waals surface area contributed by atoms with Gasteiger partial charge in [-0.15, -0.1) is 0 Å². The topological polar surface area (TPSA) is 57.7 Å². The lowest BCUT2D eigenvalue weighted by Gasteiger charge is -2.06. The van der Waals surface area contributed by atoms with Crippen LogP contribution in [-0.4, -0.2) is 18.1 Å². The van der Waals surface area contributed by atoms with Gasteiger partial charge < -0.3 is 14.2 Å². The van der Waals surface area contributed by atoms with E-state index in [2.05, 4.69) is 4.98 Å². The fourth-order valence-corrected chi connectivity index (χ4v) is 1.63. The van der Waals surface area contributed by atoms with Crippen LogP contribution in [0.5, 0.6) is 23.1 Å². The number of benzene rings is 1. The van der Waals surface area contributed by atoms with Crippen LogP contribution in [0.4, 0.5) is 0 Å². The molecule has 0 N–H and O–H groups in total. The Morgan fingerprint density at radius 2 is 2.11 bits per heavy atom. The maximum atomic E-state index is 10.8. The van der Waals surface area contributed by atoms with Crippen LogP contribution in [0.15, 0.2) is 36.5 Å². The van der Waals surface area contributed by atoms with Crippen molar-refractivity contribution in [1.29, 1.82) is 0 Å². The van der Waals surface area contributed by atoms with Crippen LogP contribution in [0.25, 0.3) is 0 Å². The Balaban J connectivity index is 1.90. The van der Waals surface area contributed by atoms with Gasteiger partial charge in [-0.3, -0.25) is 4.79 Å². The van der Waals surface area contributed by atoms with Crippen LogP contribution in [0, 0.1) is 0 Å². The first-order chi connectivity index (χ1) is 8.86. The fourth-order valence-electron chi connectivity index (χ4n) is 1.63. The number of aromatic nitrogens is 1. The van der Waals surface area contributed by atoms with E-state index < -0.39 is 0 Å². The van der Waals surface area contributed by atoms with E-state index in [9.17, 15) is 4.79 Å². The Bertz CT molecular complexity index is 597. The van der Waals surface area contributed by atoms with E-state index in [1.165, 1.54) is 0 Å². The molecular formula is C13H9NO4. The molecule has 0 saturated carbocycles. The van der Waals surface area contributed by atoms with Crippen LogP contribution in [-0.2, 0) is 0 Å². The lowest BCUT2D eigenvalue weighted by Crippen LogP contribution is -1.93. The van der Waals surface area contributed by atoms with Crippen LogP contribution >= 0.6 is 0 Å². The van der Waals surface area contributed by atoms with Gasteiger partial charge in [0.1, 0.15) is 5.75 Å². The van der Waals surface area contributed by atoms with Gasteiger partial charge >= 0.3 is 0 Å². The largest absolute Gasteiger partial charge is 0.454 e. The average Bonchev–Trinajstić information content (AvgIpc) is 2.87. The summed E-state index contributed by atoms with van der Waals surface area (Å²) in [7, 11) is 0. The Morgan fingerprint density at radius 3 is 3.00 bits per heavy atom. The van der Waals surface area contributed by atoms with Crippen LogP contribution in [0.2, 0.25) is 0 Å². The lowest BCUT2D eigenvalue weighted by atomic mass is 10.3. The molecule has 0 aliphatic carbocycles. The van der Waals surface area contributed by atoms with Gasteiger partial charge in [0.2, 0.25) is 12.7 Å². The van der Waals surface area contributed by atoms with Gasteiger partial charge in [-0.1, -0.05) is 0 Å². The molecule has 1 aliphatic heterocycles. The quantitative estimate of drug-likeness (QED) is 0.775. The fraction of sp³-hybridized carbons (Fsp3) is 0.0769. The Hall–Kier alpha value is -2.56. The minimum atomic E-state index is 0.210. The highest BCUT2D eigenvalue weighted by Gasteiger charge is 2.14. The number of carbonyl (C=O) groups is 1. The second kappa shape index (κ2) is 4.37. The first kappa shape index (κ1) is 10.6. The highest BCUT2D eigenvalue weighted by Crippen LogP contribution is 2.36. The molecule has 5 heteroatoms. The molecule has 90 valence electrons. The molecule has 0 fully saturated rings. The zero-order valence-corrected chi connectivity index (χ0v) is 9.33. The van der Waals surface area contributed by atoms with Gasteiger partial charge in [-0.25, -0.2) is 4.98 Å². The van der Waals surface area contributed by atoms with Crippen LogP contribution in [0.1, 0.15) is 10.4 Å². The molecule has 1 aliphatic rings. The number of hydrogen-bond acceptors (Lipinski definition) is 5. The summed E-state index contributed by atoms with van der Waals surface area (Å²) >= 11 is 0. The Morgan fingerprint density at radius 1 is 1.22 bits per heavy atom. The summed E-state index contributed by atoms with van der Waals surface area (Å²) in [5.41, 5.74) is 0.398. The number of nitrogens with zero attached hydrogens (tertiary/aromatic N) is 1. The van der Waals surface area contributed by atoms with Crippen molar-refractivity contribution >= 4 is 6.29 Å². The van der Waals surface area contributed by atoms with Gasteiger partial charge in [0.05, 0.1) is 5.56 Å². The van der Waals surface area contributed by atoms with E-state index in [1.807, 2.05) is 0 Å². The van der Waals surface area contributed by atoms with Gasteiger partial charge in [-0.05, 0) is 24.3 Å². The van der Waals surface area contributed by atoms with Gasteiger partial charge in [0.25, 0.3) is 0 Å². The standard InChI is InChI=1S/C13H9NO4/c15-7-9-2-1-5-14-13(9)18-10-3-4-11-12(6-10)17-8-16-11/h1-7H,8H2. The molecule has 0 radical (unpaired) electrons. The molecule has 0 spiro atoms. The van der Waals surface area contributed by atoms with Crippen molar-refractivity contribution in [3.8, 4) is 23.1 Å². The number of ether oxygens (including phenoxy) is 3. The Labute approximate surface area is 103 Å². The van der Waals surface area contributed by atoms with Crippen LogP contribution in [0.3, 0.4) is 0 Å². The second-order valence-corrected chi connectivity index (χ2v) is 3.63. The molecule has 0 saturated heterocycles. The molecule has 0 unspecified atom stereocenters. The molecule has 2 aromatic rings. The Kier molecular flexibility index (Phi) is 2.57. The number of carbonyl (C=O) groups excluding carboxylic acids is 1. The predicted octanol–water partition coefficient (Wildman–Crippen LogP) is 2.42. The predicted molar refractivity (Wildman–Crippen MR) is 62.3 cm³/mol. The van der Waals surface area contributed by atoms with Crippen molar-refractivity contribution < 1.29 is 19.0 Å². The molecule has 3 rings (SSSR count). The molecular weight excluding hydrogens is 234 g/mol. The van der Waals surface area contributed by atoms with E-state index >= 15 is 0 Å². The van der Waals surface area contributed by atoms with Gasteiger partial charge in [0, 0.05) is 12.3 Å². The molecule has 0 bridgehead atoms. The van der Waals surface area contributed by atoms with E-state index in [4.69, 9.17) is 14.2 Å². The summed E-state index contributed by atoms with van der Waals surface area (Å²) in [4.78, 5) is 14.9. The first-order valence-electron chi connectivity index (χ1n) is 5.34. The normalized spacial score (nSPS) is 12.2. The van der Waals surface area contributed by atoms with Gasteiger partial charge in [0.15, 0.2) is 17.8 Å². The summed E-state index contributed by atoms with van der Waals surface area (Å²) in [6.07, 6.45) is 2.27. The summed E-state index contributed by atoms with van der Waals surface area (Å²) in [6, 6.07) is 8.50. The van der Waals surface area contributed by atoms with Crippen molar-refractivity contribution in [1.82, 2.24) is 4.98 Å². The van der Waals surface area contributed by atoms with E-state index in [0.717, 1.165) is 0 Å². The second-order valence-electron chi connectivity index (χ2n) is 3.63. The third-order valence-corrected chi connectivity index (χ3v) is 2.49. The molecule has 0 amide bonds. The number of hydrogen-bond donors (Lipinski definition) is 0. The van der Waals surface area contributed by atoms with Crippen molar-refractivity contribution in [2.45, 2.75) is 0 Å². The number of aldehydes is 1. The summed E-state index contributed by atoms with van der Waals surface area (Å²) in [5.74, 6) is 2.11. The number of pyridine rings is 1. The lowest BCUT2D eigenvalue weighted by molar-refractivity contribution is 0.112. The van der Waals surface area contributed by atoms with Crippen molar-refractivity contribution in [3.63, 3.8) is 0 Å². The molecule has 2 heterocycles.